The summed E-state index contributed by atoms with van der Waals surface area (Å²) in [6.07, 6.45) is 6.88. The number of rotatable bonds is 7. The van der Waals surface area contributed by atoms with E-state index in [-0.39, 0.29) is 11.8 Å². The lowest BCUT2D eigenvalue weighted by Gasteiger charge is -2.38. The third kappa shape index (κ3) is 5.44. The van der Waals surface area contributed by atoms with Gasteiger partial charge < -0.3 is 19.9 Å². The molecule has 32 heavy (non-hydrogen) atoms. The Morgan fingerprint density at radius 2 is 1.94 bits per heavy atom. The second-order valence-electron chi connectivity index (χ2n) is 7.84. The zero-order valence-electron chi connectivity index (χ0n) is 17.6. The van der Waals surface area contributed by atoms with Gasteiger partial charge in [-0.05, 0) is 48.7 Å². The van der Waals surface area contributed by atoms with E-state index >= 15 is 0 Å². The van der Waals surface area contributed by atoms with Gasteiger partial charge in [-0.25, -0.2) is 4.98 Å². The van der Waals surface area contributed by atoms with E-state index in [9.17, 15) is 9.59 Å². The Morgan fingerprint density at radius 3 is 2.69 bits per heavy atom. The number of ether oxygens (including phenoxy) is 1. The fourth-order valence-electron chi connectivity index (χ4n) is 3.89. The first kappa shape index (κ1) is 22.2. The average Bonchev–Trinajstić information content (AvgIpc) is 3.32. The minimum absolute atomic E-state index is 0.119. The Bertz CT molecular complexity index is 1080. The highest BCUT2D eigenvalue weighted by molar-refractivity contribution is 9.10. The molecule has 1 aromatic heterocycles. The zero-order valence-corrected chi connectivity index (χ0v) is 19.2. The summed E-state index contributed by atoms with van der Waals surface area (Å²) in [5.41, 5.74) is 1.64. The van der Waals surface area contributed by atoms with E-state index < -0.39 is 5.54 Å². The van der Waals surface area contributed by atoms with Crippen LogP contribution in [0.1, 0.15) is 35.2 Å². The lowest BCUT2D eigenvalue weighted by Crippen LogP contribution is -2.49. The molecule has 0 saturated carbocycles. The van der Waals surface area contributed by atoms with E-state index in [1.165, 1.54) is 0 Å². The number of nitrogens with zero attached hydrogens (tertiary/aromatic N) is 2. The molecule has 0 aliphatic carbocycles. The maximum Gasteiger partial charge on any atom is 0.252 e. The first-order valence-corrected chi connectivity index (χ1v) is 11.4. The SMILES string of the molecule is O=C(CCn1ccnc1)Nc1cccc(C(=O)NC2(c3cccc(Br)c3)CCOCC2)c1. The van der Waals surface area contributed by atoms with Crippen LogP contribution in [0.4, 0.5) is 5.69 Å². The van der Waals surface area contributed by atoms with Crippen LogP contribution in [0.15, 0.2) is 71.7 Å². The van der Waals surface area contributed by atoms with Crippen LogP contribution in [0.5, 0.6) is 0 Å². The second-order valence-corrected chi connectivity index (χ2v) is 8.75. The van der Waals surface area contributed by atoms with Gasteiger partial charge in [-0.1, -0.05) is 34.1 Å². The summed E-state index contributed by atoms with van der Waals surface area (Å²) in [4.78, 5) is 29.5. The molecule has 1 aliphatic heterocycles. The van der Waals surface area contributed by atoms with Crippen LogP contribution in [0.25, 0.3) is 0 Å². The molecule has 0 spiro atoms. The number of aromatic nitrogens is 2. The first-order chi connectivity index (χ1) is 15.5. The van der Waals surface area contributed by atoms with Gasteiger partial charge in [-0.2, -0.15) is 0 Å². The van der Waals surface area contributed by atoms with Crippen molar-refractivity contribution in [2.75, 3.05) is 18.5 Å². The van der Waals surface area contributed by atoms with Crippen LogP contribution in [0, 0.1) is 0 Å². The largest absolute Gasteiger partial charge is 0.381 e. The number of amides is 2. The standard InChI is InChI=1S/C24H25BrN4O3/c25-20-5-2-4-19(16-20)24(8-13-32-14-9-24)28-23(31)18-3-1-6-21(15-18)27-22(30)7-11-29-12-10-26-17-29/h1-6,10,12,15-17H,7-9,11,13-14H2,(H,27,30)(H,28,31). The molecule has 8 heteroatoms. The lowest BCUT2D eigenvalue weighted by molar-refractivity contribution is -0.116. The molecule has 0 unspecified atom stereocenters. The number of aryl methyl sites for hydroxylation is 1. The molecule has 4 rings (SSSR count). The van der Waals surface area contributed by atoms with Crippen molar-refractivity contribution in [1.82, 2.24) is 14.9 Å². The summed E-state index contributed by atoms with van der Waals surface area (Å²) in [5.74, 6) is -0.298. The Hall–Kier alpha value is -2.97. The number of hydrogen-bond acceptors (Lipinski definition) is 4. The second kappa shape index (κ2) is 10.1. The highest BCUT2D eigenvalue weighted by atomic mass is 79.9. The first-order valence-electron chi connectivity index (χ1n) is 10.6. The molecule has 1 saturated heterocycles. The van der Waals surface area contributed by atoms with Crippen LogP contribution < -0.4 is 10.6 Å². The van der Waals surface area contributed by atoms with Crippen LogP contribution in [-0.2, 0) is 21.6 Å². The highest BCUT2D eigenvalue weighted by Gasteiger charge is 2.36. The van der Waals surface area contributed by atoms with Crippen LogP contribution in [0.3, 0.4) is 0 Å². The molecule has 2 heterocycles. The molecule has 1 fully saturated rings. The van der Waals surface area contributed by atoms with Gasteiger partial charge in [-0.3, -0.25) is 9.59 Å². The fourth-order valence-corrected chi connectivity index (χ4v) is 4.29. The topological polar surface area (TPSA) is 85.2 Å². The number of nitrogens with one attached hydrogen (secondary N) is 2. The predicted octanol–water partition coefficient (Wildman–Crippen LogP) is 4.11. The highest BCUT2D eigenvalue weighted by Crippen LogP contribution is 2.34. The van der Waals surface area contributed by atoms with Gasteiger partial charge in [0.05, 0.1) is 11.9 Å². The van der Waals surface area contributed by atoms with Crippen molar-refractivity contribution in [1.29, 1.82) is 0 Å². The van der Waals surface area contributed by atoms with Crippen molar-refractivity contribution >= 4 is 33.4 Å². The molecular weight excluding hydrogens is 472 g/mol. The van der Waals surface area contributed by atoms with Gasteiger partial charge in [0, 0.05) is 54.3 Å². The van der Waals surface area contributed by atoms with Gasteiger partial charge in [0.15, 0.2) is 0 Å². The average molecular weight is 497 g/mol. The summed E-state index contributed by atoms with van der Waals surface area (Å²) in [6, 6.07) is 15.0. The van der Waals surface area contributed by atoms with Crippen LogP contribution in [0.2, 0.25) is 0 Å². The van der Waals surface area contributed by atoms with Crippen LogP contribution in [-0.4, -0.2) is 34.6 Å². The third-order valence-electron chi connectivity index (χ3n) is 5.64. The number of carbonyl (C=O) groups is 2. The molecule has 0 atom stereocenters. The van der Waals surface area contributed by atoms with E-state index in [4.69, 9.17) is 4.74 Å². The van der Waals surface area contributed by atoms with E-state index in [0.29, 0.717) is 50.3 Å². The quantitative estimate of drug-likeness (QED) is 0.515. The number of anilines is 1. The summed E-state index contributed by atoms with van der Waals surface area (Å²) >= 11 is 3.53. The normalized spacial score (nSPS) is 15.2. The number of benzene rings is 2. The summed E-state index contributed by atoms with van der Waals surface area (Å²) in [7, 11) is 0. The molecule has 0 radical (unpaired) electrons. The fraction of sp³-hybridized carbons (Fsp3) is 0.292. The van der Waals surface area contributed by atoms with Crippen molar-refractivity contribution < 1.29 is 14.3 Å². The van der Waals surface area contributed by atoms with E-state index in [0.717, 1.165) is 10.0 Å². The molecule has 3 aromatic rings. The van der Waals surface area contributed by atoms with Gasteiger partial charge in [0.1, 0.15) is 0 Å². The number of imidazole rings is 1. The van der Waals surface area contributed by atoms with Crippen molar-refractivity contribution in [3.8, 4) is 0 Å². The zero-order chi connectivity index (χ0) is 22.4. The van der Waals surface area contributed by atoms with Gasteiger partial charge in [0.25, 0.3) is 5.91 Å². The minimum atomic E-state index is -0.497. The van der Waals surface area contributed by atoms with Gasteiger partial charge >= 0.3 is 0 Å². The van der Waals surface area contributed by atoms with E-state index in [1.807, 2.05) is 35.0 Å². The van der Waals surface area contributed by atoms with Crippen molar-refractivity contribution in [2.45, 2.75) is 31.3 Å². The molecular formula is C24H25BrN4O3. The summed E-state index contributed by atoms with van der Waals surface area (Å²) < 4.78 is 8.37. The molecule has 166 valence electrons. The lowest BCUT2D eigenvalue weighted by atomic mass is 9.82. The Labute approximate surface area is 195 Å². The minimum Gasteiger partial charge on any atom is -0.381 e. The van der Waals surface area contributed by atoms with E-state index in [1.54, 1.807) is 36.8 Å². The summed E-state index contributed by atoms with van der Waals surface area (Å²) in [6.45, 7) is 1.71. The van der Waals surface area contributed by atoms with Crippen molar-refractivity contribution in [3.05, 3.63) is 82.9 Å². The maximum absolute atomic E-state index is 13.2. The number of hydrogen-bond donors (Lipinski definition) is 2. The molecule has 2 N–H and O–H groups in total. The van der Waals surface area contributed by atoms with Crippen LogP contribution >= 0.6 is 15.9 Å². The Balaban J connectivity index is 1.45. The molecule has 0 bridgehead atoms. The molecule has 2 aromatic carbocycles. The summed E-state index contributed by atoms with van der Waals surface area (Å²) in [5, 5.41) is 6.13. The Morgan fingerprint density at radius 1 is 1.12 bits per heavy atom. The van der Waals surface area contributed by atoms with Gasteiger partial charge in [-0.15, -0.1) is 0 Å². The number of halogens is 1. The molecule has 7 nitrogen and oxygen atoms in total. The van der Waals surface area contributed by atoms with Crippen molar-refractivity contribution in [3.63, 3.8) is 0 Å². The van der Waals surface area contributed by atoms with E-state index in [2.05, 4.69) is 31.5 Å². The maximum atomic E-state index is 13.2. The monoisotopic (exact) mass is 496 g/mol. The number of carbonyl (C=O) groups excluding carboxylic acids is 2. The smallest absolute Gasteiger partial charge is 0.252 e. The van der Waals surface area contributed by atoms with Crippen molar-refractivity contribution in [2.24, 2.45) is 0 Å². The van der Waals surface area contributed by atoms with Gasteiger partial charge in [0.2, 0.25) is 5.91 Å². The predicted molar refractivity (Wildman–Crippen MR) is 125 cm³/mol. The molecule has 1 aliphatic rings. The third-order valence-corrected chi connectivity index (χ3v) is 6.13. The molecule has 2 amide bonds. The Kier molecular flexibility index (Phi) is 7.02.